The number of ketones is 1. The van der Waals surface area contributed by atoms with Gasteiger partial charge in [0.25, 0.3) is 0 Å². The maximum atomic E-state index is 12.3. The molecular weight excluding hydrogens is 228 g/mol. The molecule has 0 N–H and O–H groups in total. The van der Waals surface area contributed by atoms with Gasteiger partial charge in [-0.25, -0.2) is 0 Å². The van der Waals surface area contributed by atoms with Crippen LogP contribution in [0.5, 0.6) is 0 Å². The third-order valence-corrected chi connectivity index (χ3v) is 3.29. The van der Waals surface area contributed by atoms with Crippen LogP contribution in [0.1, 0.15) is 21.5 Å². The molecule has 0 amide bonds. The Hall–Kier alpha value is -1.54. The summed E-state index contributed by atoms with van der Waals surface area (Å²) >= 11 is 1.66. The van der Waals surface area contributed by atoms with Gasteiger partial charge in [-0.15, -0.1) is 11.8 Å². The molecule has 1 nitrogen and oxygen atoms in total. The fourth-order valence-electron chi connectivity index (χ4n) is 1.75. The molecule has 0 bridgehead atoms. The molecule has 0 aliphatic carbocycles. The van der Waals surface area contributed by atoms with Crippen LogP contribution in [0.15, 0.2) is 53.4 Å². The largest absolute Gasteiger partial charge is 0.289 e. The van der Waals surface area contributed by atoms with E-state index in [1.165, 1.54) is 0 Å². The van der Waals surface area contributed by atoms with E-state index in [-0.39, 0.29) is 5.78 Å². The summed E-state index contributed by atoms with van der Waals surface area (Å²) in [5.74, 6) is 0.0876. The Morgan fingerprint density at radius 3 is 2.35 bits per heavy atom. The first-order valence-electron chi connectivity index (χ1n) is 5.46. The Balaban J connectivity index is 2.41. The molecule has 0 radical (unpaired) electrons. The SMILES string of the molecule is CSc1cc(C)cc(C(=O)c2ccccc2)c1. The molecule has 0 atom stereocenters. The van der Waals surface area contributed by atoms with E-state index in [2.05, 4.69) is 6.07 Å². The standard InChI is InChI=1S/C15H14OS/c1-11-8-13(10-14(9-11)17-2)15(16)12-6-4-3-5-7-12/h3-10H,1-2H3. The average Bonchev–Trinajstić information content (AvgIpc) is 2.38. The Morgan fingerprint density at radius 1 is 1.00 bits per heavy atom. The minimum atomic E-state index is 0.0876. The number of benzene rings is 2. The van der Waals surface area contributed by atoms with Gasteiger partial charge in [-0.2, -0.15) is 0 Å². The molecule has 2 rings (SSSR count). The minimum absolute atomic E-state index is 0.0876. The fourth-order valence-corrected chi connectivity index (χ4v) is 2.30. The maximum absolute atomic E-state index is 12.3. The van der Waals surface area contributed by atoms with Gasteiger partial charge in [0, 0.05) is 16.0 Å². The van der Waals surface area contributed by atoms with Gasteiger partial charge in [-0.05, 0) is 36.9 Å². The van der Waals surface area contributed by atoms with E-state index in [1.807, 2.05) is 55.6 Å². The van der Waals surface area contributed by atoms with Gasteiger partial charge < -0.3 is 0 Å². The van der Waals surface area contributed by atoms with E-state index >= 15 is 0 Å². The van der Waals surface area contributed by atoms with Crippen molar-refractivity contribution in [1.82, 2.24) is 0 Å². The summed E-state index contributed by atoms with van der Waals surface area (Å²) in [4.78, 5) is 13.4. The highest BCUT2D eigenvalue weighted by molar-refractivity contribution is 7.98. The van der Waals surface area contributed by atoms with Gasteiger partial charge in [-0.3, -0.25) is 4.79 Å². The molecule has 0 aromatic heterocycles. The number of rotatable bonds is 3. The van der Waals surface area contributed by atoms with E-state index < -0.39 is 0 Å². The normalized spacial score (nSPS) is 10.2. The van der Waals surface area contributed by atoms with E-state index in [0.717, 1.165) is 21.6 Å². The molecule has 0 spiro atoms. The van der Waals surface area contributed by atoms with E-state index in [4.69, 9.17) is 0 Å². The quantitative estimate of drug-likeness (QED) is 0.599. The summed E-state index contributed by atoms with van der Waals surface area (Å²) in [5.41, 5.74) is 2.63. The highest BCUT2D eigenvalue weighted by Crippen LogP contribution is 2.20. The number of aryl methyl sites for hydroxylation is 1. The zero-order chi connectivity index (χ0) is 12.3. The average molecular weight is 242 g/mol. The molecule has 0 heterocycles. The monoisotopic (exact) mass is 242 g/mol. The van der Waals surface area contributed by atoms with Crippen LogP contribution in [-0.2, 0) is 0 Å². The lowest BCUT2D eigenvalue weighted by Crippen LogP contribution is -2.01. The third kappa shape index (κ3) is 2.77. The summed E-state index contributed by atoms with van der Waals surface area (Å²) in [6, 6.07) is 15.4. The zero-order valence-electron chi connectivity index (χ0n) is 9.94. The summed E-state index contributed by atoms with van der Waals surface area (Å²) in [7, 11) is 0. The minimum Gasteiger partial charge on any atom is -0.289 e. The first-order chi connectivity index (χ1) is 8.20. The van der Waals surface area contributed by atoms with Gasteiger partial charge in [0.05, 0.1) is 0 Å². The van der Waals surface area contributed by atoms with Crippen LogP contribution in [0.2, 0.25) is 0 Å². The molecule has 0 aliphatic heterocycles. The van der Waals surface area contributed by atoms with Gasteiger partial charge in [0.2, 0.25) is 0 Å². The first kappa shape index (κ1) is 11.9. The van der Waals surface area contributed by atoms with E-state index in [1.54, 1.807) is 11.8 Å². The predicted molar refractivity (Wildman–Crippen MR) is 72.8 cm³/mol. The molecule has 0 saturated carbocycles. The number of hydrogen-bond acceptors (Lipinski definition) is 2. The Morgan fingerprint density at radius 2 is 1.71 bits per heavy atom. The molecule has 2 heteroatoms. The second-order valence-electron chi connectivity index (χ2n) is 3.93. The summed E-state index contributed by atoms with van der Waals surface area (Å²) < 4.78 is 0. The molecule has 0 unspecified atom stereocenters. The molecule has 17 heavy (non-hydrogen) atoms. The lowest BCUT2D eigenvalue weighted by atomic mass is 10.0. The predicted octanol–water partition coefficient (Wildman–Crippen LogP) is 3.95. The summed E-state index contributed by atoms with van der Waals surface area (Å²) in [6.07, 6.45) is 2.02. The molecule has 0 aliphatic rings. The Bertz CT molecular complexity index is 532. The zero-order valence-corrected chi connectivity index (χ0v) is 10.8. The summed E-state index contributed by atoms with van der Waals surface area (Å²) in [5, 5.41) is 0. The lowest BCUT2D eigenvalue weighted by molar-refractivity contribution is 0.103. The lowest BCUT2D eigenvalue weighted by Gasteiger charge is -2.05. The van der Waals surface area contributed by atoms with Crippen molar-refractivity contribution in [3.8, 4) is 0 Å². The molecule has 86 valence electrons. The van der Waals surface area contributed by atoms with Crippen molar-refractivity contribution >= 4 is 17.5 Å². The van der Waals surface area contributed by atoms with E-state index in [9.17, 15) is 4.79 Å². The van der Waals surface area contributed by atoms with E-state index in [0.29, 0.717) is 0 Å². The molecule has 2 aromatic rings. The summed E-state index contributed by atoms with van der Waals surface area (Å²) in [6.45, 7) is 2.02. The van der Waals surface area contributed by atoms with Crippen LogP contribution in [0.4, 0.5) is 0 Å². The number of carbonyl (C=O) groups is 1. The van der Waals surface area contributed by atoms with Crippen molar-refractivity contribution in [3.05, 3.63) is 65.2 Å². The van der Waals surface area contributed by atoms with Gasteiger partial charge >= 0.3 is 0 Å². The van der Waals surface area contributed by atoms with Crippen LogP contribution in [0, 0.1) is 6.92 Å². The molecule has 2 aromatic carbocycles. The highest BCUT2D eigenvalue weighted by atomic mass is 32.2. The van der Waals surface area contributed by atoms with Gasteiger partial charge in [0.1, 0.15) is 0 Å². The topological polar surface area (TPSA) is 17.1 Å². The number of carbonyl (C=O) groups excluding carboxylic acids is 1. The van der Waals surface area contributed by atoms with Crippen LogP contribution in [0.25, 0.3) is 0 Å². The van der Waals surface area contributed by atoms with Gasteiger partial charge in [0.15, 0.2) is 5.78 Å². The molecule has 0 fully saturated rings. The van der Waals surface area contributed by atoms with Crippen LogP contribution < -0.4 is 0 Å². The van der Waals surface area contributed by atoms with Crippen molar-refractivity contribution in [2.75, 3.05) is 6.26 Å². The third-order valence-electron chi connectivity index (χ3n) is 2.58. The number of hydrogen-bond donors (Lipinski definition) is 0. The second-order valence-corrected chi connectivity index (χ2v) is 4.81. The second kappa shape index (κ2) is 5.19. The van der Waals surface area contributed by atoms with Crippen molar-refractivity contribution in [2.24, 2.45) is 0 Å². The van der Waals surface area contributed by atoms with Crippen molar-refractivity contribution in [2.45, 2.75) is 11.8 Å². The molecular formula is C15H14OS. The van der Waals surface area contributed by atoms with Crippen LogP contribution in [-0.4, -0.2) is 12.0 Å². The highest BCUT2D eigenvalue weighted by Gasteiger charge is 2.09. The Kier molecular flexibility index (Phi) is 3.64. The van der Waals surface area contributed by atoms with Crippen molar-refractivity contribution < 1.29 is 4.79 Å². The van der Waals surface area contributed by atoms with Crippen molar-refractivity contribution in [1.29, 1.82) is 0 Å². The first-order valence-corrected chi connectivity index (χ1v) is 6.68. The smallest absolute Gasteiger partial charge is 0.193 e. The fraction of sp³-hybridized carbons (Fsp3) is 0.133. The number of thioether (sulfide) groups is 1. The van der Waals surface area contributed by atoms with Crippen LogP contribution >= 0.6 is 11.8 Å². The van der Waals surface area contributed by atoms with Crippen molar-refractivity contribution in [3.63, 3.8) is 0 Å². The molecule has 0 saturated heterocycles. The Labute approximate surface area is 106 Å². The maximum Gasteiger partial charge on any atom is 0.193 e. The van der Waals surface area contributed by atoms with Gasteiger partial charge in [-0.1, -0.05) is 30.3 Å². The van der Waals surface area contributed by atoms with Crippen LogP contribution in [0.3, 0.4) is 0 Å².